The lowest BCUT2D eigenvalue weighted by Gasteiger charge is -2.34. The predicted octanol–water partition coefficient (Wildman–Crippen LogP) is 2.59. The van der Waals surface area contributed by atoms with Crippen LogP contribution in [-0.4, -0.2) is 49.1 Å². The van der Waals surface area contributed by atoms with E-state index in [1.54, 1.807) is 0 Å². The van der Waals surface area contributed by atoms with Crippen LogP contribution >= 0.6 is 0 Å². The molecule has 1 aliphatic heterocycles. The molecular formula is C13H28N2. The summed E-state index contributed by atoms with van der Waals surface area (Å²) in [7, 11) is 0. The smallest absolute Gasteiger partial charge is 0.0110 e. The Morgan fingerprint density at radius 2 is 1.27 bits per heavy atom. The SMILES string of the molecule is CCCCCCN1CCN(CCC)CC1. The normalized spacial score (nSPS) is 19.6. The average Bonchev–Trinajstić information content (AvgIpc) is 2.27. The fraction of sp³-hybridized carbons (Fsp3) is 1.00. The molecule has 0 saturated carbocycles. The maximum Gasteiger partial charge on any atom is 0.0110 e. The first kappa shape index (κ1) is 13.0. The summed E-state index contributed by atoms with van der Waals surface area (Å²) in [6, 6.07) is 0. The summed E-state index contributed by atoms with van der Waals surface area (Å²) >= 11 is 0. The number of hydrogen-bond acceptors (Lipinski definition) is 2. The highest BCUT2D eigenvalue weighted by atomic mass is 15.3. The standard InChI is InChI=1S/C13H28N2/c1-3-5-6-7-9-15-12-10-14(8-4-2)11-13-15/h3-13H2,1-2H3. The second-order valence-electron chi connectivity index (χ2n) is 4.74. The van der Waals surface area contributed by atoms with Gasteiger partial charge in [-0.2, -0.15) is 0 Å². The van der Waals surface area contributed by atoms with Crippen molar-refractivity contribution in [3.63, 3.8) is 0 Å². The van der Waals surface area contributed by atoms with Crippen molar-refractivity contribution >= 4 is 0 Å². The van der Waals surface area contributed by atoms with Gasteiger partial charge in [0.2, 0.25) is 0 Å². The lowest BCUT2D eigenvalue weighted by Crippen LogP contribution is -2.46. The number of unbranched alkanes of at least 4 members (excludes halogenated alkanes) is 3. The van der Waals surface area contributed by atoms with Crippen LogP contribution in [0.2, 0.25) is 0 Å². The van der Waals surface area contributed by atoms with Crippen molar-refractivity contribution in [2.24, 2.45) is 0 Å². The largest absolute Gasteiger partial charge is 0.301 e. The second-order valence-corrected chi connectivity index (χ2v) is 4.74. The second kappa shape index (κ2) is 8.12. The maximum absolute atomic E-state index is 2.64. The van der Waals surface area contributed by atoms with Crippen LogP contribution in [0.1, 0.15) is 46.0 Å². The molecule has 15 heavy (non-hydrogen) atoms. The molecule has 0 spiro atoms. The molecule has 0 N–H and O–H groups in total. The third-order valence-electron chi connectivity index (χ3n) is 3.33. The van der Waals surface area contributed by atoms with E-state index >= 15 is 0 Å². The Labute approximate surface area is 95.6 Å². The van der Waals surface area contributed by atoms with Crippen LogP contribution in [-0.2, 0) is 0 Å². The van der Waals surface area contributed by atoms with Gasteiger partial charge in [-0.1, -0.05) is 33.1 Å². The lowest BCUT2D eigenvalue weighted by molar-refractivity contribution is 0.131. The Balaban J connectivity index is 1.99. The van der Waals surface area contributed by atoms with Crippen LogP contribution < -0.4 is 0 Å². The van der Waals surface area contributed by atoms with Gasteiger partial charge in [0, 0.05) is 26.2 Å². The average molecular weight is 212 g/mol. The lowest BCUT2D eigenvalue weighted by atomic mass is 10.2. The van der Waals surface area contributed by atoms with E-state index in [1.807, 2.05) is 0 Å². The molecule has 1 saturated heterocycles. The van der Waals surface area contributed by atoms with E-state index in [0.29, 0.717) is 0 Å². The van der Waals surface area contributed by atoms with Gasteiger partial charge < -0.3 is 9.80 Å². The van der Waals surface area contributed by atoms with E-state index in [4.69, 9.17) is 0 Å². The number of nitrogens with zero attached hydrogens (tertiary/aromatic N) is 2. The molecule has 2 nitrogen and oxygen atoms in total. The predicted molar refractivity (Wildman–Crippen MR) is 67.3 cm³/mol. The maximum atomic E-state index is 2.64. The molecule has 0 unspecified atom stereocenters. The van der Waals surface area contributed by atoms with Gasteiger partial charge in [0.15, 0.2) is 0 Å². The molecule has 1 fully saturated rings. The van der Waals surface area contributed by atoms with E-state index in [2.05, 4.69) is 23.6 Å². The highest BCUT2D eigenvalue weighted by molar-refractivity contribution is 4.71. The third-order valence-corrected chi connectivity index (χ3v) is 3.33. The summed E-state index contributed by atoms with van der Waals surface area (Å²) < 4.78 is 0. The van der Waals surface area contributed by atoms with Crippen molar-refractivity contribution in [3.8, 4) is 0 Å². The van der Waals surface area contributed by atoms with Crippen molar-refractivity contribution in [3.05, 3.63) is 0 Å². The zero-order chi connectivity index (χ0) is 10.9. The molecule has 0 aliphatic carbocycles. The van der Waals surface area contributed by atoms with Crippen LogP contribution in [0.5, 0.6) is 0 Å². The molecular weight excluding hydrogens is 184 g/mol. The van der Waals surface area contributed by atoms with Crippen LogP contribution in [0.3, 0.4) is 0 Å². The van der Waals surface area contributed by atoms with Gasteiger partial charge in [0.25, 0.3) is 0 Å². The fourth-order valence-electron chi connectivity index (χ4n) is 2.31. The fourth-order valence-corrected chi connectivity index (χ4v) is 2.31. The van der Waals surface area contributed by atoms with E-state index in [-0.39, 0.29) is 0 Å². The zero-order valence-electron chi connectivity index (χ0n) is 10.7. The Kier molecular flexibility index (Phi) is 7.03. The minimum absolute atomic E-state index is 1.29. The first-order chi connectivity index (χ1) is 7.36. The van der Waals surface area contributed by atoms with E-state index < -0.39 is 0 Å². The first-order valence-corrected chi connectivity index (χ1v) is 6.81. The summed E-state index contributed by atoms with van der Waals surface area (Å²) in [4.78, 5) is 5.24. The van der Waals surface area contributed by atoms with E-state index in [9.17, 15) is 0 Å². The molecule has 1 aliphatic rings. The Hall–Kier alpha value is -0.0800. The van der Waals surface area contributed by atoms with Gasteiger partial charge in [-0.15, -0.1) is 0 Å². The Bertz CT molecular complexity index is 137. The minimum Gasteiger partial charge on any atom is -0.301 e. The van der Waals surface area contributed by atoms with Gasteiger partial charge >= 0.3 is 0 Å². The molecule has 0 radical (unpaired) electrons. The molecule has 0 amide bonds. The van der Waals surface area contributed by atoms with Crippen LogP contribution in [0.15, 0.2) is 0 Å². The summed E-state index contributed by atoms with van der Waals surface area (Å²) in [5.74, 6) is 0. The van der Waals surface area contributed by atoms with E-state index in [1.165, 1.54) is 71.4 Å². The molecule has 1 heterocycles. The highest BCUT2D eigenvalue weighted by Gasteiger charge is 2.14. The van der Waals surface area contributed by atoms with Crippen molar-refractivity contribution in [1.29, 1.82) is 0 Å². The molecule has 1 rings (SSSR count). The van der Waals surface area contributed by atoms with Crippen molar-refractivity contribution in [2.45, 2.75) is 46.0 Å². The van der Waals surface area contributed by atoms with Gasteiger partial charge in [-0.3, -0.25) is 0 Å². The van der Waals surface area contributed by atoms with Gasteiger partial charge in [0.05, 0.1) is 0 Å². The zero-order valence-corrected chi connectivity index (χ0v) is 10.7. The molecule has 0 atom stereocenters. The first-order valence-electron chi connectivity index (χ1n) is 6.81. The molecule has 2 heteroatoms. The summed E-state index contributed by atoms with van der Waals surface area (Å²) in [6.07, 6.45) is 6.89. The highest BCUT2D eigenvalue weighted by Crippen LogP contribution is 2.05. The van der Waals surface area contributed by atoms with Crippen LogP contribution in [0.25, 0.3) is 0 Å². The topological polar surface area (TPSA) is 6.48 Å². The van der Waals surface area contributed by atoms with Crippen LogP contribution in [0.4, 0.5) is 0 Å². The van der Waals surface area contributed by atoms with Crippen molar-refractivity contribution in [1.82, 2.24) is 9.80 Å². The quantitative estimate of drug-likeness (QED) is 0.599. The number of hydrogen-bond donors (Lipinski definition) is 0. The van der Waals surface area contributed by atoms with Gasteiger partial charge in [-0.05, 0) is 25.9 Å². The Morgan fingerprint density at radius 1 is 0.667 bits per heavy atom. The minimum atomic E-state index is 1.29. The molecule has 90 valence electrons. The van der Waals surface area contributed by atoms with Crippen LogP contribution in [0, 0.1) is 0 Å². The molecule has 0 aromatic rings. The van der Waals surface area contributed by atoms with Crippen molar-refractivity contribution < 1.29 is 0 Å². The monoisotopic (exact) mass is 212 g/mol. The van der Waals surface area contributed by atoms with E-state index in [0.717, 1.165) is 0 Å². The van der Waals surface area contributed by atoms with Crippen molar-refractivity contribution in [2.75, 3.05) is 39.3 Å². The third kappa shape index (κ3) is 5.53. The van der Waals surface area contributed by atoms with Gasteiger partial charge in [0.1, 0.15) is 0 Å². The summed E-state index contributed by atoms with van der Waals surface area (Å²) in [5, 5.41) is 0. The number of piperazine rings is 1. The Morgan fingerprint density at radius 3 is 1.80 bits per heavy atom. The molecule has 0 bridgehead atoms. The summed E-state index contributed by atoms with van der Waals surface area (Å²) in [6.45, 7) is 12.4. The van der Waals surface area contributed by atoms with Gasteiger partial charge in [-0.25, -0.2) is 0 Å². The molecule has 0 aromatic carbocycles. The summed E-state index contributed by atoms with van der Waals surface area (Å²) in [5.41, 5.74) is 0. The molecule has 0 aromatic heterocycles. The number of rotatable bonds is 7.